The molecule has 0 amide bonds. The first kappa shape index (κ1) is 17.0. The topological polar surface area (TPSA) is 41.4 Å². The summed E-state index contributed by atoms with van der Waals surface area (Å²) in [6.07, 6.45) is 9.36. The van der Waals surface area contributed by atoms with Crippen molar-refractivity contribution in [3.63, 3.8) is 0 Å². The average molecular weight is 361 g/mol. The molecule has 0 bridgehead atoms. The van der Waals surface area contributed by atoms with Crippen molar-refractivity contribution in [2.75, 3.05) is 13.1 Å². The predicted octanol–water partition coefficient (Wildman–Crippen LogP) is 3.74. The molecule has 1 aromatic carbocycles. The highest BCUT2D eigenvalue weighted by Gasteiger charge is 2.42. The maximum Gasteiger partial charge on any atom is 0.127 e. The number of imidazole rings is 1. The minimum Gasteiger partial charge on any atom is -0.313 e. The number of rotatable bonds is 8. The quantitative estimate of drug-likeness (QED) is 0.643. The van der Waals surface area contributed by atoms with E-state index in [1.165, 1.54) is 31.2 Å². The lowest BCUT2D eigenvalue weighted by Crippen LogP contribution is -2.47. The average Bonchev–Trinajstić information content (AvgIpc) is 3.36. The molecule has 2 unspecified atom stereocenters. The minimum atomic E-state index is 0.427. The first-order valence-electron chi connectivity index (χ1n) is 10.2. The van der Waals surface area contributed by atoms with E-state index in [4.69, 9.17) is 0 Å². The smallest absolute Gasteiger partial charge is 0.127 e. The third kappa shape index (κ3) is 3.52. The van der Waals surface area contributed by atoms with Gasteiger partial charge in [0.05, 0.1) is 18.3 Å². The molecule has 0 spiro atoms. The molecule has 2 aliphatic rings. The Balaban J connectivity index is 1.13. The number of nitrogens with one attached hydrogen (secondary N) is 2. The van der Waals surface area contributed by atoms with E-state index in [9.17, 15) is 0 Å². The fraction of sp³-hybridized carbons (Fsp3) is 0.435. The maximum atomic E-state index is 4.57. The number of hydrogen-bond donors (Lipinski definition) is 2. The van der Waals surface area contributed by atoms with Crippen molar-refractivity contribution in [2.24, 2.45) is 5.41 Å². The third-order valence-corrected chi connectivity index (χ3v) is 6.47. The minimum absolute atomic E-state index is 0.427. The van der Waals surface area contributed by atoms with Gasteiger partial charge in [-0.3, -0.25) is 0 Å². The van der Waals surface area contributed by atoms with Crippen LogP contribution in [0.1, 0.15) is 43.0 Å². The zero-order valence-corrected chi connectivity index (χ0v) is 15.8. The monoisotopic (exact) mass is 360 g/mol. The Hall–Kier alpha value is -2.17. The molecule has 2 fully saturated rings. The molecule has 27 heavy (non-hydrogen) atoms. The summed E-state index contributed by atoms with van der Waals surface area (Å²) >= 11 is 0. The highest BCUT2D eigenvalue weighted by Crippen LogP contribution is 2.44. The van der Waals surface area contributed by atoms with Crippen LogP contribution in [0.25, 0.3) is 5.52 Å². The number of nitrogens with zero attached hydrogens (tertiary/aromatic N) is 2. The third-order valence-electron chi connectivity index (χ3n) is 6.47. The lowest BCUT2D eigenvalue weighted by Gasteiger charge is -2.42. The van der Waals surface area contributed by atoms with Crippen molar-refractivity contribution in [1.82, 2.24) is 20.0 Å². The molecule has 4 heteroatoms. The van der Waals surface area contributed by atoms with Crippen molar-refractivity contribution < 1.29 is 0 Å². The molecule has 2 aromatic heterocycles. The highest BCUT2D eigenvalue weighted by molar-refractivity contribution is 5.45. The van der Waals surface area contributed by atoms with Gasteiger partial charge in [-0.25, -0.2) is 4.98 Å². The summed E-state index contributed by atoms with van der Waals surface area (Å²) < 4.78 is 2.17. The van der Waals surface area contributed by atoms with Crippen LogP contribution in [0.3, 0.4) is 0 Å². The van der Waals surface area contributed by atoms with E-state index in [-0.39, 0.29) is 0 Å². The molecule has 2 N–H and O–H groups in total. The molecule has 5 rings (SSSR count). The van der Waals surface area contributed by atoms with E-state index in [2.05, 4.69) is 74.7 Å². The highest BCUT2D eigenvalue weighted by atomic mass is 15.1. The van der Waals surface area contributed by atoms with Crippen LogP contribution in [-0.4, -0.2) is 28.5 Å². The van der Waals surface area contributed by atoms with Gasteiger partial charge in [0, 0.05) is 31.2 Å². The van der Waals surface area contributed by atoms with Gasteiger partial charge in [-0.15, -0.1) is 0 Å². The predicted molar refractivity (Wildman–Crippen MR) is 109 cm³/mol. The van der Waals surface area contributed by atoms with Crippen LogP contribution < -0.4 is 10.6 Å². The standard InChI is InChI=1S/C23H28N4/c1-2-7-18(8-3-1)20-13-21(20)26-17-23(10-6-11-23)16-24-15-22-25-14-19-9-4-5-12-27(19)22/h1-5,7-9,12,14,20-21,24,26H,6,10-11,13,15-17H2. The van der Waals surface area contributed by atoms with Crippen molar-refractivity contribution in [3.8, 4) is 0 Å². The number of hydrogen-bond acceptors (Lipinski definition) is 3. The summed E-state index contributed by atoms with van der Waals surface area (Å²) in [5.74, 6) is 1.81. The number of pyridine rings is 1. The number of fused-ring (bicyclic) bond motifs is 1. The van der Waals surface area contributed by atoms with Crippen molar-refractivity contribution in [3.05, 3.63) is 72.3 Å². The van der Waals surface area contributed by atoms with Crippen LogP contribution in [0.4, 0.5) is 0 Å². The van der Waals surface area contributed by atoms with Gasteiger partial charge >= 0.3 is 0 Å². The molecule has 2 aliphatic carbocycles. The molecular formula is C23H28N4. The van der Waals surface area contributed by atoms with Crippen LogP contribution in [0, 0.1) is 5.41 Å². The summed E-state index contributed by atoms with van der Waals surface area (Å²) in [6, 6.07) is 17.8. The van der Waals surface area contributed by atoms with Gasteiger partial charge in [0.1, 0.15) is 5.82 Å². The second-order valence-corrected chi connectivity index (χ2v) is 8.37. The van der Waals surface area contributed by atoms with E-state index in [0.29, 0.717) is 17.4 Å². The Morgan fingerprint density at radius 1 is 1.04 bits per heavy atom. The molecule has 140 valence electrons. The molecule has 0 radical (unpaired) electrons. The fourth-order valence-electron chi connectivity index (χ4n) is 4.50. The van der Waals surface area contributed by atoms with Crippen molar-refractivity contribution in [1.29, 1.82) is 0 Å². The summed E-state index contributed by atoms with van der Waals surface area (Å²) in [4.78, 5) is 4.57. The van der Waals surface area contributed by atoms with E-state index in [1.807, 2.05) is 6.20 Å². The zero-order chi connectivity index (χ0) is 18.1. The summed E-state index contributed by atoms with van der Waals surface area (Å²) in [5.41, 5.74) is 3.08. The Labute approximate surface area is 161 Å². The molecule has 4 nitrogen and oxygen atoms in total. The molecule has 2 heterocycles. The van der Waals surface area contributed by atoms with Crippen molar-refractivity contribution >= 4 is 5.52 Å². The molecule has 0 saturated heterocycles. The van der Waals surface area contributed by atoms with Crippen LogP contribution >= 0.6 is 0 Å². The van der Waals surface area contributed by atoms with Crippen LogP contribution in [0.2, 0.25) is 0 Å². The lowest BCUT2D eigenvalue weighted by molar-refractivity contribution is 0.125. The van der Waals surface area contributed by atoms with E-state index in [0.717, 1.165) is 31.0 Å². The number of aromatic nitrogens is 2. The first-order valence-corrected chi connectivity index (χ1v) is 10.2. The van der Waals surface area contributed by atoms with Gasteiger partial charge in [0.2, 0.25) is 0 Å². The van der Waals surface area contributed by atoms with Gasteiger partial charge < -0.3 is 15.0 Å². The van der Waals surface area contributed by atoms with Crippen LogP contribution in [-0.2, 0) is 6.54 Å². The first-order chi connectivity index (χ1) is 13.3. The van der Waals surface area contributed by atoms with Gasteiger partial charge in [0.25, 0.3) is 0 Å². The largest absolute Gasteiger partial charge is 0.313 e. The number of benzene rings is 1. The SMILES string of the molecule is c1ccc(C2CC2NCC2(CNCc3ncc4ccccn34)CCC2)cc1. The van der Waals surface area contributed by atoms with Gasteiger partial charge in [-0.1, -0.05) is 42.8 Å². The van der Waals surface area contributed by atoms with E-state index in [1.54, 1.807) is 0 Å². The van der Waals surface area contributed by atoms with Crippen LogP contribution in [0.5, 0.6) is 0 Å². The zero-order valence-electron chi connectivity index (χ0n) is 15.8. The second-order valence-electron chi connectivity index (χ2n) is 8.37. The fourth-order valence-corrected chi connectivity index (χ4v) is 4.50. The summed E-state index contributed by atoms with van der Waals surface area (Å²) in [7, 11) is 0. The van der Waals surface area contributed by atoms with Crippen LogP contribution in [0.15, 0.2) is 60.9 Å². The molecule has 2 saturated carbocycles. The molecule has 3 aromatic rings. The van der Waals surface area contributed by atoms with Gasteiger partial charge in [-0.2, -0.15) is 0 Å². The van der Waals surface area contributed by atoms with E-state index >= 15 is 0 Å². The Kier molecular flexibility index (Phi) is 4.46. The second kappa shape index (κ2) is 7.10. The normalized spacial score (nSPS) is 23.3. The van der Waals surface area contributed by atoms with Crippen molar-refractivity contribution in [2.45, 2.75) is 44.2 Å². The Bertz CT molecular complexity index is 897. The van der Waals surface area contributed by atoms with Gasteiger partial charge in [0.15, 0.2) is 0 Å². The molecular weight excluding hydrogens is 332 g/mol. The molecule has 0 aliphatic heterocycles. The maximum absolute atomic E-state index is 4.57. The Morgan fingerprint density at radius 3 is 2.70 bits per heavy atom. The van der Waals surface area contributed by atoms with E-state index < -0.39 is 0 Å². The summed E-state index contributed by atoms with van der Waals surface area (Å²) in [6.45, 7) is 3.04. The lowest BCUT2D eigenvalue weighted by atomic mass is 9.68. The van der Waals surface area contributed by atoms with Gasteiger partial charge in [-0.05, 0) is 42.4 Å². The molecule has 2 atom stereocenters. The summed E-state index contributed by atoms with van der Waals surface area (Å²) in [5, 5.41) is 7.55. The Morgan fingerprint density at radius 2 is 1.89 bits per heavy atom.